The number of halogens is 2. The molecule has 32 heavy (non-hydrogen) atoms. The molecular formula is C26H23ClFN3O. The number of hydrogen-bond donors (Lipinski definition) is 0. The summed E-state index contributed by atoms with van der Waals surface area (Å²) in [5.74, 6) is -0.256. The molecule has 4 aromatic rings. The van der Waals surface area contributed by atoms with E-state index in [2.05, 4.69) is 10.00 Å². The summed E-state index contributed by atoms with van der Waals surface area (Å²) in [5.41, 5.74) is 5.31. The lowest BCUT2D eigenvalue weighted by Gasteiger charge is -2.26. The maximum atomic E-state index is 14.8. The summed E-state index contributed by atoms with van der Waals surface area (Å²) in [6.45, 7) is 3.85. The SMILES string of the molecule is Fc1ccccc1-c1c(CN2CCOCC2)cnn1-c1ccc(-c2cccc(Cl)c2)cc1. The van der Waals surface area contributed by atoms with Crippen LogP contribution in [-0.4, -0.2) is 41.0 Å². The summed E-state index contributed by atoms with van der Waals surface area (Å²) in [4.78, 5) is 2.32. The minimum Gasteiger partial charge on any atom is -0.379 e. The summed E-state index contributed by atoms with van der Waals surface area (Å²) < 4.78 is 22.1. The van der Waals surface area contributed by atoms with Crippen LogP contribution in [0.4, 0.5) is 4.39 Å². The molecule has 0 N–H and O–H groups in total. The van der Waals surface area contributed by atoms with Crippen LogP contribution >= 0.6 is 11.6 Å². The number of morpholine rings is 1. The lowest BCUT2D eigenvalue weighted by Crippen LogP contribution is -2.35. The van der Waals surface area contributed by atoms with Crippen molar-refractivity contribution in [3.8, 4) is 28.1 Å². The topological polar surface area (TPSA) is 30.3 Å². The van der Waals surface area contributed by atoms with Gasteiger partial charge < -0.3 is 4.74 Å². The van der Waals surface area contributed by atoms with Crippen LogP contribution in [0.3, 0.4) is 0 Å². The van der Waals surface area contributed by atoms with Gasteiger partial charge in [0.05, 0.1) is 30.8 Å². The van der Waals surface area contributed by atoms with Crippen LogP contribution in [0.25, 0.3) is 28.1 Å². The second-order valence-corrected chi connectivity index (χ2v) is 8.29. The number of benzene rings is 3. The van der Waals surface area contributed by atoms with E-state index in [0.29, 0.717) is 30.3 Å². The number of hydrogen-bond acceptors (Lipinski definition) is 3. The fourth-order valence-corrected chi connectivity index (χ4v) is 4.29. The number of ether oxygens (including phenoxy) is 1. The Morgan fingerprint density at radius 1 is 0.906 bits per heavy atom. The first-order chi connectivity index (χ1) is 15.7. The first-order valence-corrected chi connectivity index (χ1v) is 11.0. The van der Waals surface area contributed by atoms with E-state index >= 15 is 0 Å². The minimum absolute atomic E-state index is 0.256. The standard InChI is InChI=1S/C26H23ClFN3O/c27-22-5-3-4-20(16-22)19-8-10-23(11-9-19)31-26(24-6-1-2-7-25(24)28)21(17-29-31)18-30-12-14-32-15-13-30/h1-11,16-17H,12-15,18H2. The van der Waals surface area contributed by atoms with E-state index in [1.807, 2.05) is 71.5 Å². The van der Waals surface area contributed by atoms with Crippen LogP contribution in [0.5, 0.6) is 0 Å². The first kappa shape index (κ1) is 20.9. The highest BCUT2D eigenvalue weighted by molar-refractivity contribution is 6.30. The van der Waals surface area contributed by atoms with Gasteiger partial charge >= 0.3 is 0 Å². The summed E-state index contributed by atoms with van der Waals surface area (Å²) in [6, 6.07) is 22.7. The van der Waals surface area contributed by atoms with Crippen LogP contribution in [-0.2, 0) is 11.3 Å². The van der Waals surface area contributed by atoms with E-state index in [1.54, 1.807) is 6.07 Å². The minimum atomic E-state index is -0.256. The first-order valence-electron chi connectivity index (χ1n) is 10.7. The fourth-order valence-electron chi connectivity index (χ4n) is 4.10. The van der Waals surface area contributed by atoms with Crippen LogP contribution in [0, 0.1) is 5.82 Å². The maximum absolute atomic E-state index is 14.8. The molecule has 1 saturated heterocycles. The van der Waals surface area contributed by atoms with Gasteiger partial charge in [-0.05, 0) is 47.5 Å². The van der Waals surface area contributed by atoms with Crippen molar-refractivity contribution >= 4 is 11.6 Å². The molecule has 0 unspecified atom stereocenters. The van der Waals surface area contributed by atoms with E-state index in [-0.39, 0.29) is 5.82 Å². The lowest BCUT2D eigenvalue weighted by atomic mass is 10.0. The van der Waals surface area contributed by atoms with Crippen molar-refractivity contribution in [3.63, 3.8) is 0 Å². The van der Waals surface area contributed by atoms with Gasteiger partial charge in [-0.2, -0.15) is 5.10 Å². The molecule has 3 aromatic carbocycles. The zero-order valence-corrected chi connectivity index (χ0v) is 18.3. The molecule has 162 valence electrons. The molecule has 0 atom stereocenters. The van der Waals surface area contributed by atoms with Gasteiger partial charge in [0.2, 0.25) is 0 Å². The van der Waals surface area contributed by atoms with Gasteiger partial charge in [0.25, 0.3) is 0 Å². The van der Waals surface area contributed by atoms with E-state index < -0.39 is 0 Å². The van der Waals surface area contributed by atoms with Gasteiger partial charge in [0, 0.05) is 35.8 Å². The Morgan fingerprint density at radius 2 is 1.69 bits per heavy atom. The molecule has 1 aliphatic heterocycles. The van der Waals surface area contributed by atoms with Crippen molar-refractivity contribution in [2.75, 3.05) is 26.3 Å². The Kier molecular flexibility index (Phi) is 6.04. The number of aromatic nitrogens is 2. The van der Waals surface area contributed by atoms with Gasteiger partial charge in [-0.1, -0.05) is 48.0 Å². The Morgan fingerprint density at radius 3 is 2.44 bits per heavy atom. The van der Waals surface area contributed by atoms with Crippen molar-refractivity contribution in [2.24, 2.45) is 0 Å². The largest absolute Gasteiger partial charge is 0.379 e. The highest BCUT2D eigenvalue weighted by atomic mass is 35.5. The molecule has 1 fully saturated rings. The fraction of sp³-hybridized carbons (Fsp3) is 0.192. The summed E-state index contributed by atoms with van der Waals surface area (Å²) in [7, 11) is 0. The van der Waals surface area contributed by atoms with Crippen molar-refractivity contribution in [1.29, 1.82) is 0 Å². The zero-order valence-electron chi connectivity index (χ0n) is 17.5. The normalized spacial score (nSPS) is 14.6. The third-order valence-electron chi connectivity index (χ3n) is 5.74. The molecule has 0 radical (unpaired) electrons. The van der Waals surface area contributed by atoms with E-state index in [4.69, 9.17) is 16.3 Å². The predicted octanol–water partition coefficient (Wildman–Crippen LogP) is 5.83. The van der Waals surface area contributed by atoms with Gasteiger partial charge in [-0.3, -0.25) is 4.90 Å². The summed E-state index contributed by atoms with van der Waals surface area (Å²) >= 11 is 6.15. The lowest BCUT2D eigenvalue weighted by molar-refractivity contribution is 0.0342. The third-order valence-corrected chi connectivity index (χ3v) is 5.98. The Labute approximate surface area is 191 Å². The average Bonchev–Trinajstić information content (AvgIpc) is 3.23. The molecule has 0 saturated carbocycles. The molecule has 0 spiro atoms. The van der Waals surface area contributed by atoms with Crippen molar-refractivity contribution in [1.82, 2.24) is 14.7 Å². The van der Waals surface area contributed by atoms with Gasteiger partial charge in [0.1, 0.15) is 5.82 Å². The van der Waals surface area contributed by atoms with E-state index in [0.717, 1.165) is 41.2 Å². The van der Waals surface area contributed by atoms with Crippen LogP contribution in [0.2, 0.25) is 5.02 Å². The molecular weight excluding hydrogens is 425 g/mol. The zero-order chi connectivity index (χ0) is 21.9. The van der Waals surface area contributed by atoms with Gasteiger partial charge in [0.15, 0.2) is 0 Å². The molecule has 1 aliphatic rings. The predicted molar refractivity (Wildman–Crippen MR) is 126 cm³/mol. The molecule has 2 heterocycles. The number of nitrogens with zero attached hydrogens (tertiary/aromatic N) is 3. The maximum Gasteiger partial charge on any atom is 0.132 e. The molecule has 0 aliphatic carbocycles. The third kappa shape index (κ3) is 4.32. The molecule has 4 nitrogen and oxygen atoms in total. The van der Waals surface area contributed by atoms with Crippen molar-refractivity contribution < 1.29 is 9.13 Å². The highest BCUT2D eigenvalue weighted by Gasteiger charge is 2.20. The van der Waals surface area contributed by atoms with Gasteiger partial charge in [-0.15, -0.1) is 0 Å². The van der Waals surface area contributed by atoms with Crippen LogP contribution in [0.15, 0.2) is 79.0 Å². The second-order valence-electron chi connectivity index (χ2n) is 7.86. The van der Waals surface area contributed by atoms with Crippen molar-refractivity contribution in [3.05, 3.63) is 95.4 Å². The van der Waals surface area contributed by atoms with Crippen LogP contribution < -0.4 is 0 Å². The summed E-state index contributed by atoms with van der Waals surface area (Å²) in [6.07, 6.45) is 1.85. The monoisotopic (exact) mass is 447 g/mol. The smallest absolute Gasteiger partial charge is 0.132 e. The van der Waals surface area contributed by atoms with Gasteiger partial charge in [-0.25, -0.2) is 9.07 Å². The average molecular weight is 448 g/mol. The molecule has 1 aromatic heterocycles. The molecule has 0 amide bonds. The van der Waals surface area contributed by atoms with Crippen LogP contribution in [0.1, 0.15) is 5.56 Å². The second kappa shape index (κ2) is 9.25. The van der Waals surface area contributed by atoms with Crippen molar-refractivity contribution in [2.45, 2.75) is 6.54 Å². The molecule has 5 rings (SSSR count). The molecule has 6 heteroatoms. The highest BCUT2D eigenvalue weighted by Crippen LogP contribution is 2.31. The Bertz CT molecular complexity index is 1220. The number of rotatable bonds is 5. The Hall–Kier alpha value is -2.99. The Balaban J connectivity index is 1.54. The quantitative estimate of drug-likeness (QED) is 0.385. The molecule has 0 bridgehead atoms. The summed E-state index contributed by atoms with van der Waals surface area (Å²) in [5, 5.41) is 5.36. The van der Waals surface area contributed by atoms with E-state index in [9.17, 15) is 4.39 Å². The van der Waals surface area contributed by atoms with E-state index in [1.165, 1.54) is 6.07 Å².